The number of aryl methyl sites for hydroxylation is 1. The maximum absolute atomic E-state index is 11.5. The fourth-order valence-electron chi connectivity index (χ4n) is 8.89. The SMILES string of the molecule is Cc1cc(C2Oc3c(cc(O)cc3C3CC(c4ccc(O)c(O)c4)Oc4c(C5CC(c6ccc(O)c(O)c6)Oc6c(O)cc(O)cc65)cc(O)cc43)CC2O)cc(O)c1O. The number of hydrogen-bond donors (Lipinski definition) is 11. The van der Waals surface area contributed by atoms with Gasteiger partial charge in [-0.25, -0.2) is 0 Å². The molecule has 3 heterocycles. The van der Waals surface area contributed by atoms with Gasteiger partial charge in [0.1, 0.15) is 47.1 Å². The van der Waals surface area contributed by atoms with Gasteiger partial charge in [-0.05, 0) is 109 Å². The number of phenolic OH excluding ortho intramolecular Hbond substituents is 10. The molecule has 6 aromatic carbocycles. The van der Waals surface area contributed by atoms with Gasteiger partial charge in [-0.15, -0.1) is 0 Å². The molecule has 0 fully saturated rings. The molecule has 0 saturated heterocycles. The van der Waals surface area contributed by atoms with Crippen LogP contribution in [0.2, 0.25) is 0 Å². The second kappa shape index (κ2) is 14.2. The Bertz CT molecular complexity index is 2690. The van der Waals surface area contributed by atoms with Crippen LogP contribution < -0.4 is 14.2 Å². The lowest BCUT2D eigenvalue weighted by atomic mass is 9.76. The van der Waals surface area contributed by atoms with Gasteiger partial charge in [-0.3, -0.25) is 0 Å². The Balaban J connectivity index is 1.24. The van der Waals surface area contributed by atoms with E-state index in [1.807, 2.05) is 0 Å². The summed E-state index contributed by atoms with van der Waals surface area (Å²) in [5, 5.41) is 118. The van der Waals surface area contributed by atoms with Gasteiger partial charge < -0.3 is 70.4 Å². The molecule has 308 valence electrons. The van der Waals surface area contributed by atoms with Crippen LogP contribution in [-0.2, 0) is 6.42 Å². The minimum absolute atomic E-state index is 0.0293. The summed E-state index contributed by atoms with van der Waals surface area (Å²) in [5.41, 5.74) is 3.83. The third-order valence-electron chi connectivity index (χ3n) is 11.7. The normalized spacial score (nSPS) is 21.7. The van der Waals surface area contributed by atoms with Gasteiger partial charge in [0.05, 0.1) is 6.10 Å². The lowest BCUT2D eigenvalue weighted by molar-refractivity contribution is 0.0194. The smallest absolute Gasteiger partial charge is 0.165 e. The number of aliphatic hydroxyl groups is 1. The van der Waals surface area contributed by atoms with E-state index < -0.39 is 47.8 Å². The zero-order chi connectivity index (χ0) is 42.3. The highest BCUT2D eigenvalue weighted by molar-refractivity contribution is 5.64. The van der Waals surface area contributed by atoms with Crippen LogP contribution in [0.4, 0.5) is 0 Å². The molecule has 9 rings (SSSR count). The van der Waals surface area contributed by atoms with E-state index in [2.05, 4.69) is 0 Å². The fourth-order valence-corrected chi connectivity index (χ4v) is 8.89. The molecule has 0 saturated carbocycles. The monoisotopic (exact) mass is 816 g/mol. The molecule has 6 aromatic rings. The Morgan fingerprint density at radius 3 is 1.48 bits per heavy atom. The van der Waals surface area contributed by atoms with Crippen molar-refractivity contribution in [2.45, 2.75) is 62.4 Å². The van der Waals surface area contributed by atoms with Crippen LogP contribution in [0, 0.1) is 6.92 Å². The number of aliphatic hydroxyl groups excluding tert-OH is 1. The highest BCUT2D eigenvalue weighted by Gasteiger charge is 2.42. The Labute approximate surface area is 341 Å². The van der Waals surface area contributed by atoms with Gasteiger partial charge in [0, 0.05) is 52.1 Å². The van der Waals surface area contributed by atoms with E-state index in [1.54, 1.807) is 25.1 Å². The lowest BCUT2D eigenvalue weighted by Gasteiger charge is -2.39. The third-order valence-corrected chi connectivity index (χ3v) is 11.7. The van der Waals surface area contributed by atoms with Crippen molar-refractivity contribution < 1.29 is 70.4 Å². The van der Waals surface area contributed by atoms with Crippen molar-refractivity contribution in [1.29, 1.82) is 0 Å². The summed E-state index contributed by atoms with van der Waals surface area (Å²) in [6.45, 7) is 1.60. The van der Waals surface area contributed by atoms with Crippen LogP contribution >= 0.6 is 0 Å². The maximum Gasteiger partial charge on any atom is 0.165 e. The van der Waals surface area contributed by atoms with E-state index in [4.69, 9.17) is 14.2 Å². The molecule has 6 atom stereocenters. The molecule has 0 amide bonds. The third kappa shape index (κ3) is 6.50. The number of hydrogen-bond acceptors (Lipinski definition) is 14. The van der Waals surface area contributed by atoms with Crippen molar-refractivity contribution in [2.75, 3.05) is 0 Å². The Hall–Kier alpha value is -7.32. The van der Waals surface area contributed by atoms with E-state index in [-0.39, 0.29) is 76.8 Å². The first-order valence-electron chi connectivity index (χ1n) is 19.2. The Kier molecular flexibility index (Phi) is 9.04. The van der Waals surface area contributed by atoms with Crippen molar-refractivity contribution >= 4 is 0 Å². The van der Waals surface area contributed by atoms with E-state index in [1.165, 1.54) is 60.7 Å². The van der Waals surface area contributed by atoms with E-state index in [0.717, 1.165) is 6.07 Å². The second-order valence-electron chi connectivity index (χ2n) is 15.7. The maximum atomic E-state index is 11.5. The summed E-state index contributed by atoms with van der Waals surface area (Å²) >= 11 is 0. The van der Waals surface area contributed by atoms with Crippen LogP contribution in [0.25, 0.3) is 0 Å². The van der Waals surface area contributed by atoms with Crippen molar-refractivity contribution in [2.24, 2.45) is 0 Å². The number of fused-ring (bicyclic) bond motifs is 3. The summed E-state index contributed by atoms with van der Waals surface area (Å²) in [6.07, 6.45) is -3.48. The molecular weight excluding hydrogens is 776 g/mol. The van der Waals surface area contributed by atoms with E-state index >= 15 is 0 Å². The highest BCUT2D eigenvalue weighted by atomic mass is 16.5. The van der Waals surface area contributed by atoms with Crippen molar-refractivity contribution in [3.05, 3.63) is 135 Å². The second-order valence-corrected chi connectivity index (χ2v) is 15.7. The highest BCUT2D eigenvalue weighted by Crippen LogP contribution is 2.58. The zero-order valence-electron chi connectivity index (χ0n) is 31.8. The summed E-state index contributed by atoms with van der Waals surface area (Å²) in [6, 6.07) is 20.0. The molecule has 11 N–H and O–H groups in total. The summed E-state index contributed by atoms with van der Waals surface area (Å²) in [5.74, 6) is -3.97. The van der Waals surface area contributed by atoms with Gasteiger partial charge in [0.15, 0.2) is 46.0 Å². The first kappa shape index (κ1) is 38.2. The molecule has 60 heavy (non-hydrogen) atoms. The van der Waals surface area contributed by atoms with Crippen LogP contribution in [0.1, 0.15) is 93.1 Å². The molecule has 0 aliphatic carbocycles. The predicted molar refractivity (Wildman–Crippen MR) is 213 cm³/mol. The summed E-state index contributed by atoms with van der Waals surface area (Å²) in [7, 11) is 0. The largest absolute Gasteiger partial charge is 0.508 e. The molecular formula is C46H40O14. The van der Waals surface area contributed by atoms with E-state index in [9.17, 15) is 56.2 Å². The molecule has 3 aliphatic heterocycles. The summed E-state index contributed by atoms with van der Waals surface area (Å²) in [4.78, 5) is 0. The lowest BCUT2D eigenvalue weighted by Crippen LogP contribution is -2.31. The van der Waals surface area contributed by atoms with Crippen molar-refractivity contribution in [1.82, 2.24) is 0 Å². The van der Waals surface area contributed by atoms with Crippen LogP contribution in [0.15, 0.2) is 84.9 Å². The average Bonchev–Trinajstić information content (AvgIpc) is 3.20. The number of ether oxygens (including phenoxy) is 3. The molecule has 0 radical (unpaired) electrons. The van der Waals surface area contributed by atoms with Crippen molar-refractivity contribution in [3.8, 4) is 74.7 Å². The van der Waals surface area contributed by atoms with Crippen molar-refractivity contribution in [3.63, 3.8) is 0 Å². The predicted octanol–water partition coefficient (Wildman–Crippen LogP) is 7.40. The molecule has 3 aliphatic rings. The van der Waals surface area contributed by atoms with Crippen LogP contribution in [-0.4, -0.2) is 62.3 Å². The number of phenols is 10. The van der Waals surface area contributed by atoms with Gasteiger partial charge in [-0.1, -0.05) is 12.1 Å². The molecule has 0 spiro atoms. The molecule has 0 aromatic heterocycles. The minimum atomic E-state index is -1.12. The molecule has 0 bridgehead atoms. The number of aromatic hydroxyl groups is 10. The van der Waals surface area contributed by atoms with Gasteiger partial charge in [-0.2, -0.15) is 0 Å². The Morgan fingerprint density at radius 1 is 0.450 bits per heavy atom. The van der Waals surface area contributed by atoms with E-state index in [0.29, 0.717) is 55.8 Å². The van der Waals surface area contributed by atoms with Gasteiger partial charge >= 0.3 is 0 Å². The number of rotatable bonds is 5. The molecule has 14 heteroatoms. The molecule has 14 nitrogen and oxygen atoms in total. The van der Waals surface area contributed by atoms with Gasteiger partial charge in [0.2, 0.25) is 0 Å². The number of benzene rings is 6. The topological polar surface area (TPSA) is 250 Å². The Morgan fingerprint density at radius 2 is 0.933 bits per heavy atom. The standard InChI is InChI=1S/C46H40O14/c1-19-6-22(10-37(54)42(19)57)44-38(55)11-23-7-24(47)12-29(43(23)60-44)27-17-40(20-2-4-33(50)35(52)8-20)58-45-30(27)13-25(48)14-31(45)28-18-41(21-3-5-34(51)36(53)9-21)59-46-32(28)15-26(49)16-39(46)56/h2-10,12-16,27-28,38,40-41,44,47-57H,11,17-18H2,1H3. The first-order valence-corrected chi connectivity index (χ1v) is 19.2. The first-order chi connectivity index (χ1) is 28.6. The zero-order valence-corrected chi connectivity index (χ0v) is 31.8. The minimum Gasteiger partial charge on any atom is -0.508 e. The fraction of sp³-hybridized carbons (Fsp3) is 0.217. The van der Waals surface area contributed by atoms with Crippen LogP contribution in [0.5, 0.6) is 74.7 Å². The summed E-state index contributed by atoms with van der Waals surface area (Å²) < 4.78 is 19.7. The average molecular weight is 817 g/mol. The van der Waals surface area contributed by atoms with Crippen LogP contribution in [0.3, 0.4) is 0 Å². The molecule has 6 unspecified atom stereocenters. The van der Waals surface area contributed by atoms with Gasteiger partial charge in [0.25, 0.3) is 0 Å². The quantitative estimate of drug-likeness (QED) is 0.0759.